The second kappa shape index (κ2) is 8.11. The van der Waals surface area contributed by atoms with Gasteiger partial charge >= 0.3 is 0 Å². The Kier molecular flexibility index (Phi) is 5.43. The van der Waals surface area contributed by atoms with Crippen LogP contribution in [0.25, 0.3) is 0 Å². The molecule has 0 aliphatic carbocycles. The molecule has 3 aromatic rings. The van der Waals surface area contributed by atoms with Crippen LogP contribution >= 0.6 is 0 Å². The minimum Gasteiger partial charge on any atom is -0.364 e. The van der Waals surface area contributed by atoms with Gasteiger partial charge in [-0.3, -0.25) is 9.78 Å². The molecule has 2 N–H and O–H groups in total. The van der Waals surface area contributed by atoms with Crippen molar-refractivity contribution in [2.75, 3.05) is 0 Å². The first-order chi connectivity index (χ1) is 12.2. The molecule has 3 rings (SSSR count). The molecule has 1 amide bonds. The second-order valence-corrected chi connectivity index (χ2v) is 5.43. The SMILES string of the molecule is CC(OCc1ccncc1)C(=O)NC(c1ccccc1)c1nn[nH]n1. The van der Waals surface area contributed by atoms with Gasteiger partial charge in [0.1, 0.15) is 12.1 Å². The van der Waals surface area contributed by atoms with Gasteiger partial charge in [0.15, 0.2) is 0 Å². The van der Waals surface area contributed by atoms with Gasteiger partial charge in [0, 0.05) is 12.4 Å². The molecule has 0 fully saturated rings. The first kappa shape index (κ1) is 16.7. The molecule has 0 saturated carbocycles. The number of nitrogens with one attached hydrogen (secondary N) is 2. The first-order valence-electron chi connectivity index (χ1n) is 7.83. The molecule has 0 spiro atoms. The third-order valence-electron chi connectivity index (χ3n) is 3.66. The number of nitrogens with zero attached hydrogens (tertiary/aromatic N) is 4. The van der Waals surface area contributed by atoms with Crippen molar-refractivity contribution in [1.82, 2.24) is 30.9 Å². The van der Waals surface area contributed by atoms with Crippen molar-refractivity contribution >= 4 is 5.91 Å². The Bertz CT molecular complexity index is 779. The van der Waals surface area contributed by atoms with Crippen LogP contribution in [0.15, 0.2) is 54.9 Å². The lowest BCUT2D eigenvalue weighted by molar-refractivity contribution is -0.133. The highest BCUT2D eigenvalue weighted by Crippen LogP contribution is 2.18. The summed E-state index contributed by atoms with van der Waals surface area (Å²) in [6.07, 6.45) is 2.74. The predicted molar refractivity (Wildman–Crippen MR) is 89.1 cm³/mol. The number of pyridine rings is 1. The summed E-state index contributed by atoms with van der Waals surface area (Å²) in [4.78, 5) is 16.5. The van der Waals surface area contributed by atoms with Crippen LogP contribution in [0, 0.1) is 0 Å². The number of aromatic nitrogens is 5. The highest BCUT2D eigenvalue weighted by molar-refractivity contribution is 5.81. The number of carbonyl (C=O) groups is 1. The summed E-state index contributed by atoms with van der Waals surface area (Å²) in [6.45, 7) is 2.03. The summed E-state index contributed by atoms with van der Waals surface area (Å²) in [5, 5.41) is 16.9. The largest absolute Gasteiger partial charge is 0.364 e. The number of ether oxygens (including phenoxy) is 1. The first-order valence-corrected chi connectivity index (χ1v) is 7.83. The van der Waals surface area contributed by atoms with Crippen molar-refractivity contribution in [2.45, 2.75) is 25.7 Å². The van der Waals surface area contributed by atoms with E-state index >= 15 is 0 Å². The molecule has 25 heavy (non-hydrogen) atoms. The molecular weight excluding hydrogens is 320 g/mol. The Morgan fingerprint density at radius 2 is 1.96 bits per heavy atom. The van der Waals surface area contributed by atoms with E-state index in [1.807, 2.05) is 42.5 Å². The van der Waals surface area contributed by atoms with Crippen LogP contribution in [-0.2, 0) is 16.1 Å². The van der Waals surface area contributed by atoms with Crippen molar-refractivity contribution in [2.24, 2.45) is 0 Å². The lowest BCUT2D eigenvalue weighted by Crippen LogP contribution is -2.38. The summed E-state index contributed by atoms with van der Waals surface area (Å²) >= 11 is 0. The summed E-state index contributed by atoms with van der Waals surface area (Å²) in [5.74, 6) is 0.133. The standard InChI is InChI=1S/C17H18N6O2/c1-12(25-11-13-7-9-18-10-8-13)17(24)19-15(16-20-22-23-21-16)14-5-3-2-4-6-14/h2-10,12,15H,11H2,1H3,(H,19,24)(H,20,21,22,23). The summed E-state index contributed by atoms with van der Waals surface area (Å²) in [5.41, 5.74) is 1.81. The van der Waals surface area contributed by atoms with Gasteiger partial charge < -0.3 is 10.1 Å². The molecule has 0 radical (unpaired) electrons. The van der Waals surface area contributed by atoms with Crippen molar-refractivity contribution in [3.8, 4) is 0 Å². The lowest BCUT2D eigenvalue weighted by atomic mass is 10.1. The van der Waals surface area contributed by atoms with Crippen LogP contribution in [0.5, 0.6) is 0 Å². The average molecular weight is 338 g/mol. The molecule has 0 bridgehead atoms. The maximum atomic E-state index is 12.5. The maximum absolute atomic E-state index is 12.5. The highest BCUT2D eigenvalue weighted by Gasteiger charge is 2.23. The van der Waals surface area contributed by atoms with Crippen LogP contribution in [0.1, 0.15) is 29.9 Å². The van der Waals surface area contributed by atoms with Crippen molar-refractivity contribution in [3.05, 3.63) is 71.8 Å². The van der Waals surface area contributed by atoms with Gasteiger partial charge in [-0.15, -0.1) is 10.2 Å². The van der Waals surface area contributed by atoms with Gasteiger partial charge in [-0.1, -0.05) is 35.5 Å². The Morgan fingerprint density at radius 1 is 1.20 bits per heavy atom. The van der Waals surface area contributed by atoms with E-state index in [2.05, 4.69) is 30.9 Å². The monoisotopic (exact) mass is 338 g/mol. The van der Waals surface area contributed by atoms with E-state index in [-0.39, 0.29) is 5.91 Å². The summed E-state index contributed by atoms with van der Waals surface area (Å²) in [6, 6.07) is 12.6. The van der Waals surface area contributed by atoms with E-state index in [0.29, 0.717) is 12.4 Å². The number of benzene rings is 1. The Balaban J connectivity index is 1.66. The van der Waals surface area contributed by atoms with E-state index in [4.69, 9.17) is 4.74 Å². The molecule has 2 aromatic heterocycles. The zero-order valence-electron chi connectivity index (χ0n) is 13.7. The van der Waals surface area contributed by atoms with Crippen molar-refractivity contribution in [1.29, 1.82) is 0 Å². The molecule has 0 saturated heterocycles. The van der Waals surface area contributed by atoms with Crippen LogP contribution in [-0.4, -0.2) is 37.6 Å². The number of carbonyl (C=O) groups excluding carboxylic acids is 1. The molecule has 2 atom stereocenters. The zero-order valence-corrected chi connectivity index (χ0v) is 13.7. The molecule has 8 heteroatoms. The zero-order chi connectivity index (χ0) is 17.5. The van der Waals surface area contributed by atoms with E-state index < -0.39 is 12.1 Å². The minimum absolute atomic E-state index is 0.257. The van der Waals surface area contributed by atoms with Gasteiger partial charge in [-0.25, -0.2) is 0 Å². The van der Waals surface area contributed by atoms with Crippen LogP contribution in [0.3, 0.4) is 0 Å². The van der Waals surface area contributed by atoms with E-state index in [9.17, 15) is 4.79 Å². The molecule has 1 aromatic carbocycles. The van der Waals surface area contributed by atoms with Gasteiger partial charge in [0.2, 0.25) is 11.7 Å². The van der Waals surface area contributed by atoms with Crippen LogP contribution < -0.4 is 5.32 Å². The predicted octanol–water partition coefficient (Wildman–Crippen LogP) is 1.41. The second-order valence-electron chi connectivity index (χ2n) is 5.43. The van der Waals surface area contributed by atoms with Gasteiger partial charge in [0.25, 0.3) is 0 Å². The maximum Gasteiger partial charge on any atom is 0.249 e. The van der Waals surface area contributed by atoms with Crippen molar-refractivity contribution in [3.63, 3.8) is 0 Å². The van der Waals surface area contributed by atoms with Crippen LogP contribution in [0.4, 0.5) is 0 Å². The number of aromatic amines is 1. The number of hydrogen-bond donors (Lipinski definition) is 2. The Hall–Kier alpha value is -3.13. The number of hydrogen-bond acceptors (Lipinski definition) is 6. The number of rotatable bonds is 7. The minimum atomic E-state index is -0.633. The summed E-state index contributed by atoms with van der Waals surface area (Å²) in [7, 11) is 0. The molecular formula is C17H18N6O2. The normalized spacial score (nSPS) is 13.2. The fourth-order valence-corrected chi connectivity index (χ4v) is 2.27. The average Bonchev–Trinajstić information content (AvgIpc) is 3.20. The number of H-pyrrole nitrogens is 1. The van der Waals surface area contributed by atoms with Crippen LogP contribution in [0.2, 0.25) is 0 Å². The van der Waals surface area contributed by atoms with E-state index in [1.54, 1.807) is 19.3 Å². The lowest BCUT2D eigenvalue weighted by Gasteiger charge is -2.19. The Morgan fingerprint density at radius 3 is 2.64 bits per heavy atom. The van der Waals surface area contributed by atoms with Gasteiger partial charge in [-0.2, -0.15) is 5.21 Å². The number of amides is 1. The molecule has 0 aliphatic heterocycles. The fourth-order valence-electron chi connectivity index (χ4n) is 2.27. The molecule has 2 heterocycles. The van der Waals surface area contributed by atoms with Gasteiger partial charge in [-0.05, 0) is 30.2 Å². The molecule has 8 nitrogen and oxygen atoms in total. The molecule has 2 unspecified atom stereocenters. The fraction of sp³-hybridized carbons (Fsp3) is 0.235. The third kappa shape index (κ3) is 4.45. The van der Waals surface area contributed by atoms with E-state index in [0.717, 1.165) is 11.1 Å². The van der Waals surface area contributed by atoms with Crippen molar-refractivity contribution < 1.29 is 9.53 Å². The quantitative estimate of drug-likeness (QED) is 0.675. The highest BCUT2D eigenvalue weighted by atomic mass is 16.5. The van der Waals surface area contributed by atoms with Gasteiger partial charge in [0.05, 0.1) is 6.61 Å². The van der Waals surface area contributed by atoms with E-state index in [1.165, 1.54) is 0 Å². The molecule has 0 aliphatic rings. The number of tetrazole rings is 1. The smallest absolute Gasteiger partial charge is 0.249 e. The summed E-state index contributed by atoms with van der Waals surface area (Å²) < 4.78 is 5.64. The topological polar surface area (TPSA) is 106 Å². The molecule has 128 valence electrons. The third-order valence-corrected chi connectivity index (χ3v) is 3.66. The Labute approximate surface area is 144 Å².